The van der Waals surface area contributed by atoms with Gasteiger partial charge in [0.05, 0.1) is 23.7 Å². The van der Waals surface area contributed by atoms with Gasteiger partial charge in [-0.3, -0.25) is 4.79 Å². The molecule has 0 aliphatic rings. The number of nitrogens with two attached hydrogens (primary N) is 2. The molecule has 11 heteroatoms. The zero-order chi connectivity index (χ0) is 16.0. The summed E-state index contributed by atoms with van der Waals surface area (Å²) in [5.41, 5.74) is 10.3. The van der Waals surface area contributed by atoms with Crippen molar-refractivity contribution in [3.8, 4) is 0 Å². The Hall–Kier alpha value is -2.01. The number of hydrogen-bond donors (Lipinski definition) is 3. The normalized spacial score (nSPS) is 11.5. The fourth-order valence-corrected chi connectivity index (χ4v) is 2.81. The third kappa shape index (κ3) is 5.11. The van der Waals surface area contributed by atoms with Crippen molar-refractivity contribution in [2.45, 2.75) is 19.4 Å². The third-order valence-corrected chi connectivity index (χ3v) is 4.33. The quantitative estimate of drug-likeness (QED) is 0.458. The number of primary amides is 1. The topological polar surface area (TPSA) is 171 Å². The van der Waals surface area contributed by atoms with Crippen LogP contribution < -0.4 is 11.5 Å². The van der Waals surface area contributed by atoms with E-state index in [1.807, 2.05) is 0 Å². The van der Waals surface area contributed by atoms with Crippen LogP contribution in [0.25, 0.3) is 0 Å². The average Bonchev–Trinajstić information content (AvgIpc) is 2.78. The number of aryl methyl sites for hydroxylation is 1. The van der Waals surface area contributed by atoms with Crippen LogP contribution in [0.2, 0.25) is 0 Å². The van der Waals surface area contributed by atoms with E-state index in [2.05, 4.69) is 10.3 Å². The second kappa shape index (κ2) is 7.13. The molecular formula is C10H17N5O5S. The van der Waals surface area contributed by atoms with Gasteiger partial charge in [-0.25, -0.2) is 17.9 Å². The molecule has 0 saturated heterocycles. The number of aromatic carboxylic acids is 1. The molecule has 0 fully saturated rings. The first-order chi connectivity index (χ1) is 9.76. The summed E-state index contributed by atoms with van der Waals surface area (Å²) >= 11 is 0. The molecule has 10 nitrogen and oxygen atoms in total. The van der Waals surface area contributed by atoms with Gasteiger partial charge in [0.2, 0.25) is 5.91 Å². The van der Waals surface area contributed by atoms with Gasteiger partial charge >= 0.3 is 5.97 Å². The van der Waals surface area contributed by atoms with E-state index in [1.54, 1.807) is 0 Å². The second-order valence-electron chi connectivity index (χ2n) is 4.32. The SMILES string of the molecule is NCCc1c(C(=O)O)nnn1CCS(=O)(=O)CCC(N)=O. The molecule has 1 aromatic rings. The van der Waals surface area contributed by atoms with Crippen LogP contribution >= 0.6 is 0 Å². The average molecular weight is 319 g/mol. The van der Waals surface area contributed by atoms with E-state index in [9.17, 15) is 18.0 Å². The number of hydrogen-bond acceptors (Lipinski definition) is 7. The number of nitrogens with zero attached hydrogens (tertiary/aromatic N) is 3. The third-order valence-electron chi connectivity index (χ3n) is 2.69. The smallest absolute Gasteiger partial charge is 0.358 e. The van der Waals surface area contributed by atoms with Crippen LogP contribution in [0.5, 0.6) is 0 Å². The van der Waals surface area contributed by atoms with Crippen LogP contribution in [-0.4, -0.2) is 58.4 Å². The second-order valence-corrected chi connectivity index (χ2v) is 6.62. The number of carbonyl (C=O) groups is 2. The minimum atomic E-state index is -3.49. The highest BCUT2D eigenvalue weighted by atomic mass is 32.2. The number of carboxylic acid groups (broad SMARTS) is 1. The van der Waals surface area contributed by atoms with Crippen LogP contribution in [0, 0.1) is 0 Å². The first kappa shape index (κ1) is 17.0. The summed E-state index contributed by atoms with van der Waals surface area (Å²) in [6.45, 7) is 0.124. The van der Waals surface area contributed by atoms with Gasteiger partial charge in [-0.1, -0.05) is 5.21 Å². The van der Waals surface area contributed by atoms with Crippen molar-refractivity contribution in [2.75, 3.05) is 18.1 Å². The summed E-state index contributed by atoms with van der Waals surface area (Å²) in [5, 5.41) is 16.1. The van der Waals surface area contributed by atoms with Gasteiger partial charge in [-0.05, 0) is 6.54 Å². The Morgan fingerprint density at radius 1 is 1.29 bits per heavy atom. The molecule has 0 bridgehead atoms. The van der Waals surface area contributed by atoms with Gasteiger partial charge in [0.1, 0.15) is 0 Å². The number of carboxylic acids is 1. The highest BCUT2D eigenvalue weighted by Crippen LogP contribution is 2.07. The van der Waals surface area contributed by atoms with E-state index in [0.717, 1.165) is 0 Å². The Balaban J connectivity index is 2.79. The number of amides is 1. The summed E-state index contributed by atoms with van der Waals surface area (Å²) in [5.74, 6) is -2.59. The van der Waals surface area contributed by atoms with E-state index >= 15 is 0 Å². The molecule has 0 spiro atoms. The maximum atomic E-state index is 11.7. The van der Waals surface area contributed by atoms with Crippen molar-refractivity contribution in [1.82, 2.24) is 15.0 Å². The molecule has 0 aliphatic heterocycles. The lowest BCUT2D eigenvalue weighted by molar-refractivity contribution is -0.117. The van der Waals surface area contributed by atoms with Crippen molar-refractivity contribution in [2.24, 2.45) is 11.5 Å². The first-order valence-corrected chi connectivity index (χ1v) is 7.93. The Kier molecular flexibility index (Phi) is 5.79. The largest absolute Gasteiger partial charge is 0.476 e. The Morgan fingerprint density at radius 3 is 2.48 bits per heavy atom. The van der Waals surface area contributed by atoms with Crippen molar-refractivity contribution in [3.05, 3.63) is 11.4 Å². The molecule has 0 atom stereocenters. The zero-order valence-electron chi connectivity index (χ0n) is 11.2. The van der Waals surface area contributed by atoms with Crippen LogP contribution in [-0.2, 0) is 27.6 Å². The minimum Gasteiger partial charge on any atom is -0.476 e. The highest BCUT2D eigenvalue weighted by molar-refractivity contribution is 7.91. The van der Waals surface area contributed by atoms with Crippen molar-refractivity contribution in [1.29, 1.82) is 0 Å². The first-order valence-electron chi connectivity index (χ1n) is 6.11. The van der Waals surface area contributed by atoms with E-state index < -0.39 is 21.7 Å². The molecule has 1 amide bonds. The molecule has 0 aliphatic carbocycles. The molecule has 21 heavy (non-hydrogen) atoms. The molecule has 118 valence electrons. The Morgan fingerprint density at radius 2 is 1.95 bits per heavy atom. The highest BCUT2D eigenvalue weighted by Gasteiger charge is 2.20. The van der Waals surface area contributed by atoms with E-state index in [4.69, 9.17) is 16.6 Å². The molecule has 0 saturated carbocycles. The predicted molar refractivity (Wildman–Crippen MR) is 72.2 cm³/mol. The zero-order valence-corrected chi connectivity index (χ0v) is 12.0. The molecule has 1 aromatic heterocycles. The molecule has 5 N–H and O–H groups in total. The van der Waals surface area contributed by atoms with E-state index in [0.29, 0.717) is 0 Å². The summed E-state index contributed by atoms with van der Waals surface area (Å²) in [4.78, 5) is 21.6. The molecule has 0 radical (unpaired) electrons. The van der Waals surface area contributed by atoms with Gasteiger partial charge in [0.25, 0.3) is 0 Å². The lowest BCUT2D eigenvalue weighted by Crippen LogP contribution is -2.22. The monoisotopic (exact) mass is 319 g/mol. The summed E-state index contributed by atoms with van der Waals surface area (Å²) in [7, 11) is -3.49. The van der Waals surface area contributed by atoms with Gasteiger partial charge < -0.3 is 16.6 Å². The summed E-state index contributed by atoms with van der Waals surface area (Å²) < 4.78 is 24.6. The maximum Gasteiger partial charge on any atom is 0.358 e. The molecule has 0 unspecified atom stereocenters. The van der Waals surface area contributed by atoms with Crippen LogP contribution in [0.3, 0.4) is 0 Å². The van der Waals surface area contributed by atoms with Crippen LogP contribution in [0.1, 0.15) is 22.6 Å². The number of carbonyl (C=O) groups excluding carboxylic acids is 1. The molecule has 1 rings (SSSR count). The van der Waals surface area contributed by atoms with Crippen LogP contribution in [0.4, 0.5) is 0 Å². The minimum absolute atomic E-state index is 0.0588. The van der Waals surface area contributed by atoms with Gasteiger partial charge in [-0.2, -0.15) is 0 Å². The molecule has 0 aromatic carbocycles. The number of aromatic nitrogens is 3. The maximum absolute atomic E-state index is 11.7. The Bertz CT molecular complexity index is 624. The van der Waals surface area contributed by atoms with Crippen LogP contribution in [0.15, 0.2) is 0 Å². The predicted octanol–water partition coefficient (Wildman–Crippen LogP) is -2.23. The van der Waals surface area contributed by atoms with Crippen molar-refractivity contribution in [3.63, 3.8) is 0 Å². The van der Waals surface area contributed by atoms with Gasteiger partial charge in [0, 0.05) is 12.8 Å². The fraction of sp³-hybridized carbons (Fsp3) is 0.600. The molecule has 1 heterocycles. The summed E-state index contributed by atoms with van der Waals surface area (Å²) in [6.07, 6.45) is -0.0360. The Labute approximate surface area is 121 Å². The fourth-order valence-electron chi connectivity index (χ4n) is 1.65. The van der Waals surface area contributed by atoms with Gasteiger partial charge in [-0.15, -0.1) is 5.10 Å². The standard InChI is InChI=1S/C10H17N5O5S/c11-3-1-7-9(10(17)18)13-14-15(7)4-6-21(19,20)5-2-8(12)16/h1-6,11H2,(H2,12,16)(H,17,18). The lowest BCUT2D eigenvalue weighted by atomic mass is 10.2. The van der Waals surface area contributed by atoms with Crippen molar-refractivity contribution >= 4 is 21.7 Å². The van der Waals surface area contributed by atoms with Crippen molar-refractivity contribution < 1.29 is 23.1 Å². The van der Waals surface area contributed by atoms with Gasteiger partial charge in [0.15, 0.2) is 15.5 Å². The number of rotatable bonds is 9. The van der Waals surface area contributed by atoms with E-state index in [-0.39, 0.29) is 48.8 Å². The number of sulfone groups is 1. The molecular weight excluding hydrogens is 302 g/mol. The summed E-state index contributed by atoms with van der Waals surface area (Å²) in [6, 6.07) is 0. The lowest BCUT2D eigenvalue weighted by Gasteiger charge is -2.06. The van der Waals surface area contributed by atoms with E-state index in [1.165, 1.54) is 4.68 Å².